The number of nitrogens with one attached hydrogen (secondary N) is 1. The molecular weight excluding hydrogens is 360 g/mol. The smallest absolute Gasteiger partial charge is 0.250 e. The molecule has 0 aliphatic carbocycles. The van der Waals surface area contributed by atoms with Crippen LogP contribution in [0.25, 0.3) is 16.3 Å². The summed E-state index contributed by atoms with van der Waals surface area (Å²) in [7, 11) is 0. The number of thiazole rings is 1. The van der Waals surface area contributed by atoms with Crippen molar-refractivity contribution in [1.82, 2.24) is 4.98 Å². The predicted octanol–water partition coefficient (Wildman–Crippen LogP) is 4.37. The van der Waals surface area contributed by atoms with Crippen LogP contribution < -0.4 is 14.8 Å². The molecule has 5 nitrogen and oxygen atoms in total. The van der Waals surface area contributed by atoms with Gasteiger partial charge in [0.2, 0.25) is 5.91 Å². The van der Waals surface area contributed by atoms with Gasteiger partial charge < -0.3 is 9.47 Å². The highest BCUT2D eigenvalue weighted by molar-refractivity contribution is 7.22. The Morgan fingerprint density at radius 1 is 1.20 bits per heavy atom. The van der Waals surface area contributed by atoms with Crippen LogP contribution in [0.4, 0.5) is 5.13 Å². The largest absolute Gasteiger partial charge is 0.486 e. The van der Waals surface area contributed by atoms with Crippen LogP contribution in [0.15, 0.2) is 42.5 Å². The number of hydrogen-bond donors (Lipinski definition) is 1. The zero-order valence-corrected chi connectivity index (χ0v) is 14.6. The number of benzene rings is 2. The van der Waals surface area contributed by atoms with Crippen molar-refractivity contribution in [2.75, 3.05) is 18.5 Å². The lowest BCUT2D eigenvalue weighted by molar-refractivity contribution is -0.111. The van der Waals surface area contributed by atoms with Gasteiger partial charge in [-0.05, 0) is 17.7 Å². The van der Waals surface area contributed by atoms with Crippen LogP contribution in [0.3, 0.4) is 0 Å². The Hall–Kier alpha value is -2.57. The fourth-order valence-electron chi connectivity index (χ4n) is 2.44. The van der Waals surface area contributed by atoms with Crippen LogP contribution in [-0.2, 0) is 4.79 Å². The predicted molar refractivity (Wildman–Crippen MR) is 99.7 cm³/mol. The van der Waals surface area contributed by atoms with Crippen molar-refractivity contribution in [1.29, 1.82) is 0 Å². The molecule has 4 rings (SSSR count). The van der Waals surface area contributed by atoms with Gasteiger partial charge in [0, 0.05) is 23.2 Å². The second-order valence-corrected chi connectivity index (χ2v) is 6.76. The van der Waals surface area contributed by atoms with Crippen molar-refractivity contribution >= 4 is 50.3 Å². The van der Waals surface area contributed by atoms with Crippen molar-refractivity contribution < 1.29 is 14.3 Å². The lowest BCUT2D eigenvalue weighted by Gasteiger charge is -2.17. The summed E-state index contributed by atoms with van der Waals surface area (Å²) >= 11 is 7.45. The maximum atomic E-state index is 12.1. The number of carbonyl (C=O) groups excluding carboxylic acids is 1. The first kappa shape index (κ1) is 15.9. The zero-order chi connectivity index (χ0) is 17.2. The molecule has 7 heteroatoms. The number of rotatable bonds is 3. The monoisotopic (exact) mass is 372 g/mol. The van der Waals surface area contributed by atoms with E-state index in [0.717, 1.165) is 15.8 Å². The van der Waals surface area contributed by atoms with E-state index < -0.39 is 0 Å². The van der Waals surface area contributed by atoms with Crippen LogP contribution in [0, 0.1) is 0 Å². The fraction of sp³-hybridized carbons (Fsp3) is 0.111. The highest BCUT2D eigenvalue weighted by atomic mass is 35.5. The second kappa shape index (κ2) is 6.74. The van der Waals surface area contributed by atoms with Crippen molar-refractivity contribution in [2.45, 2.75) is 0 Å². The number of ether oxygens (including phenoxy) is 2. The van der Waals surface area contributed by atoms with Gasteiger partial charge in [0.25, 0.3) is 0 Å². The quantitative estimate of drug-likeness (QED) is 0.693. The summed E-state index contributed by atoms with van der Waals surface area (Å²) < 4.78 is 12.0. The standard InChI is InChI=1S/C18H13ClN2O3S/c19-12-4-2-1-3-11(12)5-6-17(22)21-18-20-13-9-14-15(10-16(13)25-18)24-8-7-23-14/h1-6,9-10H,7-8H2,(H,20,21,22)/b6-5+. The molecule has 0 saturated carbocycles. The normalized spacial score (nSPS) is 13.3. The molecule has 0 atom stereocenters. The van der Waals surface area contributed by atoms with E-state index >= 15 is 0 Å². The number of halogens is 1. The van der Waals surface area contributed by atoms with Gasteiger partial charge in [-0.3, -0.25) is 10.1 Å². The molecule has 0 unspecified atom stereocenters. The Morgan fingerprint density at radius 2 is 1.96 bits per heavy atom. The van der Waals surface area contributed by atoms with E-state index in [0.29, 0.717) is 34.9 Å². The van der Waals surface area contributed by atoms with Crippen molar-refractivity contribution in [2.24, 2.45) is 0 Å². The van der Waals surface area contributed by atoms with Crippen molar-refractivity contribution in [3.05, 3.63) is 53.1 Å². The van der Waals surface area contributed by atoms with Crippen LogP contribution in [-0.4, -0.2) is 24.1 Å². The summed E-state index contributed by atoms with van der Waals surface area (Å²) in [4.78, 5) is 16.5. The number of nitrogens with zero attached hydrogens (tertiary/aromatic N) is 1. The van der Waals surface area contributed by atoms with Gasteiger partial charge in [-0.15, -0.1) is 0 Å². The number of hydrogen-bond acceptors (Lipinski definition) is 5. The highest BCUT2D eigenvalue weighted by Gasteiger charge is 2.15. The Labute approximate surface area is 152 Å². The third-order valence-electron chi connectivity index (χ3n) is 3.60. The molecule has 25 heavy (non-hydrogen) atoms. The lowest BCUT2D eigenvalue weighted by atomic mass is 10.2. The molecule has 3 aromatic rings. The third-order valence-corrected chi connectivity index (χ3v) is 4.88. The van der Waals surface area contributed by atoms with Crippen molar-refractivity contribution in [3.63, 3.8) is 0 Å². The summed E-state index contributed by atoms with van der Waals surface area (Å²) in [6, 6.07) is 11.0. The van der Waals surface area contributed by atoms with E-state index in [1.54, 1.807) is 12.1 Å². The Morgan fingerprint density at radius 3 is 2.76 bits per heavy atom. The molecule has 126 valence electrons. The van der Waals surface area contributed by atoms with E-state index in [1.807, 2.05) is 30.3 Å². The first-order valence-corrected chi connectivity index (χ1v) is 8.82. The number of carbonyl (C=O) groups is 1. The minimum Gasteiger partial charge on any atom is -0.486 e. The van der Waals surface area contributed by atoms with Gasteiger partial charge >= 0.3 is 0 Å². The first-order chi connectivity index (χ1) is 12.2. The third kappa shape index (κ3) is 3.45. The van der Waals surface area contributed by atoms with Gasteiger partial charge in [-0.1, -0.05) is 41.1 Å². The number of anilines is 1. The molecule has 1 aromatic heterocycles. The van der Waals surface area contributed by atoms with Crippen LogP contribution in [0.2, 0.25) is 5.02 Å². The minimum atomic E-state index is -0.267. The zero-order valence-electron chi connectivity index (χ0n) is 13.0. The Kier molecular flexibility index (Phi) is 4.29. The van der Waals surface area contributed by atoms with Crippen LogP contribution in [0.1, 0.15) is 5.56 Å². The topological polar surface area (TPSA) is 60.5 Å². The van der Waals surface area contributed by atoms with Gasteiger partial charge in [0.1, 0.15) is 13.2 Å². The maximum Gasteiger partial charge on any atom is 0.250 e. The first-order valence-electron chi connectivity index (χ1n) is 7.63. The summed E-state index contributed by atoms with van der Waals surface area (Å²) in [5, 5.41) is 3.88. The van der Waals surface area contributed by atoms with E-state index in [2.05, 4.69) is 10.3 Å². The Bertz CT molecular complexity index is 941. The summed E-state index contributed by atoms with van der Waals surface area (Å²) in [5.41, 5.74) is 1.55. The average Bonchev–Trinajstić information content (AvgIpc) is 2.99. The van der Waals surface area contributed by atoms with E-state index in [1.165, 1.54) is 17.4 Å². The molecule has 0 fully saturated rings. The molecule has 2 aromatic carbocycles. The molecule has 1 aliphatic heterocycles. The lowest BCUT2D eigenvalue weighted by Crippen LogP contribution is -2.15. The second-order valence-electron chi connectivity index (χ2n) is 5.33. The molecule has 0 saturated heterocycles. The van der Waals surface area contributed by atoms with Crippen LogP contribution >= 0.6 is 22.9 Å². The van der Waals surface area contributed by atoms with E-state index in [9.17, 15) is 4.79 Å². The van der Waals surface area contributed by atoms with Gasteiger partial charge in [-0.2, -0.15) is 0 Å². The van der Waals surface area contributed by atoms with Crippen LogP contribution in [0.5, 0.6) is 11.5 Å². The number of aromatic nitrogens is 1. The molecular formula is C18H13ClN2O3S. The van der Waals surface area contributed by atoms with Gasteiger partial charge in [0.15, 0.2) is 16.6 Å². The molecule has 0 radical (unpaired) electrons. The van der Waals surface area contributed by atoms with E-state index in [-0.39, 0.29) is 5.91 Å². The molecule has 1 aliphatic rings. The molecule has 0 spiro atoms. The van der Waals surface area contributed by atoms with E-state index in [4.69, 9.17) is 21.1 Å². The minimum absolute atomic E-state index is 0.267. The average molecular weight is 373 g/mol. The van der Waals surface area contributed by atoms with Gasteiger partial charge in [-0.25, -0.2) is 4.98 Å². The fourth-order valence-corrected chi connectivity index (χ4v) is 3.52. The maximum absolute atomic E-state index is 12.1. The molecule has 0 bridgehead atoms. The molecule has 1 N–H and O–H groups in total. The highest BCUT2D eigenvalue weighted by Crippen LogP contribution is 2.37. The molecule has 1 amide bonds. The summed E-state index contributed by atoms with van der Waals surface area (Å²) in [6.07, 6.45) is 3.11. The molecule has 2 heterocycles. The SMILES string of the molecule is O=C(/C=C/c1ccccc1Cl)Nc1nc2cc3c(cc2s1)OCCO3. The van der Waals surface area contributed by atoms with Gasteiger partial charge in [0.05, 0.1) is 10.2 Å². The summed E-state index contributed by atoms with van der Waals surface area (Å²) in [5.74, 6) is 1.12. The number of amides is 1. The Balaban J connectivity index is 1.52. The number of fused-ring (bicyclic) bond motifs is 2. The van der Waals surface area contributed by atoms with Crippen molar-refractivity contribution in [3.8, 4) is 11.5 Å². The summed E-state index contributed by atoms with van der Waals surface area (Å²) in [6.45, 7) is 1.06.